The molecule has 1 aliphatic rings. The minimum Gasteiger partial charge on any atom is -0.312 e. The minimum atomic E-state index is -0.0704. The number of aryl methyl sites for hydroxylation is 1. The Kier molecular flexibility index (Phi) is 6.40. The molecule has 1 saturated heterocycles. The number of anilines is 2. The summed E-state index contributed by atoms with van der Waals surface area (Å²) in [7, 11) is 0. The topological polar surface area (TPSA) is 75.2 Å². The van der Waals surface area contributed by atoms with E-state index < -0.39 is 0 Å². The first-order valence-corrected chi connectivity index (χ1v) is 11.0. The second-order valence-corrected chi connectivity index (χ2v) is 8.66. The van der Waals surface area contributed by atoms with Gasteiger partial charge < -0.3 is 10.2 Å². The fourth-order valence-electron chi connectivity index (χ4n) is 3.47. The van der Waals surface area contributed by atoms with E-state index in [1.165, 1.54) is 16.9 Å². The van der Waals surface area contributed by atoms with Crippen molar-refractivity contribution in [2.45, 2.75) is 31.6 Å². The molecule has 4 rings (SSSR count). The van der Waals surface area contributed by atoms with Crippen LogP contribution in [-0.2, 0) is 16.0 Å². The summed E-state index contributed by atoms with van der Waals surface area (Å²) in [6, 6.07) is 17.3. The molecule has 2 heterocycles. The summed E-state index contributed by atoms with van der Waals surface area (Å²) in [4.78, 5) is 26.4. The molecule has 0 radical (unpaired) electrons. The first kappa shape index (κ1) is 20.5. The van der Waals surface area contributed by atoms with Crippen LogP contribution < -0.4 is 10.2 Å². The van der Waals surface area contributed by atoms with Gasteiger partial charge in [0.15, 0.2) is 0 Å². The summed E-state index contributed by atoms with van der Waals surface area (Å²) in [6.07, 6.45) is 2.44. The third-order valence-electron chi connectivity index (χ3n) is 5.01. The van der Waals surface area contributed by atoms with Gasteiger partial charge in [-0.25, -0.2) is 0 Å². The zero-order valence-electron chi connectivity index (χ0n) is 16.3. The lowest BCUT2D eigenvalue weighted by atomic mass is 10.1. The van der Waals surface area contributed by atoms with E-state index in [0.29, 0.717) is 29.5 Å². The number of carbonyl (C=O) groups is 2. The van der Waals surface area contributed by atoms with Gasteiger partial charge in [-0.3, -0.25) is 9.59 Å². The molecule has 1 aromatic heterocycles. The Hall–Kier alpha value is -2.77. The average Bonchev–Trinajstić information content (AvgIpc) is 3.36. The van der Waals surface area contributed by atoms with Gasteiger partial charge in [0, 0.05) is 36.0 Å². The maximum atomic E-state index is 12.4. The maximum absolute atomic E-state index is 12.4. The number of nitrogens with zero attached hydrogens (tertiary/aromatic N) is 3. The number of benzene rings is 2. The fourth-order valence-corrected chi connectivity index (χ4v) is 4.45. The van der Waals surface area contributed by atoms with Crippen LogP contribution in [0.3, 0.4) is 0 Å². The molecular weight excluding hydrogens is 420 g/mol. The first-order chi connectivity index (χ1) is 14.6. The zero-order valence-corrected chi connectivity index (χ0v) is 17.8. The van der Waals surface area contributed by atoms with Crippen LogP contribution in [0.2, 0.25) is 5.02 Å². The van der Waals surface area contributed by atoms with E-state index in [2.05, 4.69) is 27.6 Å². The SMILES string of the molecule is O=C(CCCc1ccccc1)Nc1nnc([C@@H]2CC(=O)N(c3ccc(Cl)cc3)C2)s1. The van der Waals surface area contributed by atoms with Crippen molar-refractivity contribution >= 4 is 45.6 Å². The maximum Gasteiger partial charge on any atom is 0.227 e. The number of carbonyl (C=O) groups excluding carboxylic acids is 2. The summed E-state index contributed by atoms with van der Waals surface area (Å²) >= 11 is 7.27. The zero-order chi connectivity index (χ0) is 20.9. The summed E-state index contributed by atoms with van der Waals surface area (Å²) in [5.41, 5.74) is 2.04. The predicted molar refractivity (Wildman–Crippen MR) is 119 cm³/mol. The van der Waals surface area contributed by atoms with Crippen molar-refractivity contribution in [2.75, 3.05) is 16.8 Å². The quantitative estimate of drug-likeness (QED) is 0.579. The molecule has 1 N–H and O–H groups in total. The van der Waals surface area contributed by atoms with Crippen LogP contribution in [0.25, 0.3) is 0 Å². The van der Waals surface area contributed by atoms with Crippen molar-refractivity contribution in [3.63, 3.8) is 0 Å². The molecule has 3 aromatic rings. The van der Waals surface area contributed by atoms with Crippen LogP contribution in [-0.4, -0.2) is 28.6 Å². The van der Waals surface area contributed by atoms with Gasteiger partial charge in [0.25, 0.3) is 0 Å². The van der Waals surface area contributed by atoms with Crippen molar-refractivity contribution in [1.82, 2.24) is 10.2 Å². The molecule has 0 unspecified atom stereocenters. The van der Waals surface area contributed by atoms with Crippen LogP contribution in [0.15, 0.2) is 54.6 Å². The second kappa shape index (κ2) is 9.36. The number of rotatable bonds is 7. The number of amides is 2. The number of aromatic nitrogens is 2. The molecule has 0 aliphatic carbocycles. The van der Waals surface area contributed by atoms with Crippen LogP contribution >= 0.6 is 22.9 Å². The van der Waals surface area contributed by atoms with Crippen molar-refractivity contribution in [1.29, 1.82) is 0 Å². The number of nitrogens with one attached hydrogen (secondary N) is 1. The molecule has 8 heteroatoms. The summed E-state index contributed by atoms with van der Waals surface area (Å²) in [5, 5.41) is 13.0. The van der Waals surface area contributed by atoms with Crippen LogP contribution in [0.1, 0.15) is 35.8 Å². The van der Waals surface area contributed by atoms with E-state index >= 15 is 0 Å². The number of hydrogen-bond donors (Lipinski definition) is 1. The molecule has 1 fully saturated rings. The molecule has 30 heavy (non-hydrogen) atoms. The van der Waals surface area contributed by atoms with Gasteiger partial charge in [-0.05, 0) is 42.7 Å². The highest BCUT2D eigenvalue weighted by molar-refractivity contribution is 7.15. The smallest absolute Gasteiger partial charge is 0.227 e. The lowest BCUT2D eigenvalue weighted by Gasteiger charge is -2.16. The van der Waals surface area contributed by atoms with Crippen LogP contribution in [0.4, 0.5) is 10.8 Å². The normalized spacial score (nSPS) is 16.1. The third kappa shape index (κ3) is 5.04. The molecule has 2 amide bonds. The van der Waals surface area contributed by atoms with Crippen molar-refractivity contribution in [3.8, 4) is 0 Å². The van der Waals surface area contributed by atoms with E-state index in [1.54, 1.807) is 17.0 Å². The molecule has 6 nitrogen and oxygen atoms in total. The Bertz CT molecular complexity index is 1020. The van der Waals surface area contributed by atoms with E-state index in [9.17, 15) is 9.59 Å². The van der Waals surface area contributed by atoms with Crippen molar-refractivity contribution in [2.24, 2.45) is 0 Å². The van der Waals surface area contributed by atoms with Crippen LogP contribution in [0.5, 0.6) is 0 Å². The van der Waals surface area contributed by atoms with Gasteiger partial charge in [0.1, 0.15) is 5.01 Å². The van der Waals surface area contributed by atoms with E-state index in [0.717, 1.165) is 23.5 Å². The average molecular weight is 441 g/mol. The summed E-state index contributed by atoms with van der Waals surface area (Å²) < 4.78 is 0. The molecule has 1 atom stereocenters. The Morgan fingerprint density at radius 2 is 1.90 bits per heavy atom. The summed E-state index contributed by atoms with van der Waals surface area (Å²) in [5.74, 6) is -0.0580. The molecule has 1 aliphatic heterocycles. The minimum absolute atomic E-state index is 0.0330. The fraction of sp³-hybridized carbons (Fsp3) is 0.273. The van der Waals surface area contributed by atoms with Gasteiger partial charge in [-0.2, -0.15) is 0 Å². The Labute approximate surface area is 183 Å². The largest absolute Gasteiger partial charge is 0.312 e. The van der Waals surface area contributed by atoms with E-state index in [4.69, 9.17) is 11.6 Å². The summed E-state index contributed by atoms with van der Waals surface area (Å²) in [6.45, 7) is 0.542. The predicted octanol–water partition coefficient (Wildman–Crippen LogP) is 4.67. The lowest BCUT2D eigenvalue weighted by Crippen LogP contribution is -2.24. The molecule has 0 bridgehead atoms. The van der Waals surface area contributed by atoms with Gasteiger partial charge >= 0.3 is 0 Å². The van der Waals surface area contributed by atoms with Gasteiger partial charge in [0.2, 0.25) is 16.9 Å². The highest BCUT2D eigenvalue weighted by Gasteiger charge is 2.33. The molecule has 0 saturated carbocycles. The molecule has 2 aromatic carbocycles. The Balaban J connectivity index is 1.30. The lowest BCUT2D eigenvalue weighted by molar-refractivity contribution is -0.117. The van der Waals surface area contributed by atoms with Crippen molar-refractivity contribution in [3.05, 3.63) is 70.2 Å². The van der Waals surface area contributed by atoms with Gasteiger partial charge in [0.05, 0.1) is 0 Å². The highest BCUT2D eigenvalue weighted by atomic mass is 35.5. The first-order valence-electron chi connectivity index (χ1n) is 9.81. The molecule has 0 spiro atoms. The Morgan fingerprint density at radius 1 is 1.13 bits per heavy atom. The van der Waals surface area contributed by atoms with Crippen LogP contribution in [0, 0.1) is 0 Å². The number of halogens is 1. The second-order valence-electron chi connectivity index (χ2n) is 7.21. The van der Waals surface area contributed by atoms with E-state index in [-0.39, 0.29) is 17.7 Å². The standard InChI is InChI=1S/C22H21ClN4O2S/c23-17-9-11-18(12-10-17)27-14-16(13-20(27)29)21-25-26-22(30-21)24-19(28)8-4-7-15-5-2-1-3-6-15/h1-3,5-6,9-12,16H,4,7-8,13-14H2,(H,24,26,28)/t16-/m1/s1. The number of hydrogen-bond acceptors (Lipinski definition) is 5. The van der Waals surface area contributed by atoms with E-state index in [1.807, 2.05) is 30.3 Å². The van der Waals surface area contributed by atoms with Crippen molar-refractivity contribution < 1.29 is 9.59 Å². The highest BCUT2D eigenvalue weighted by Crippen LogP contribution is 2.34. The Morgan fingerprint density at radius 3 is 2.67 bits per heavy atom. The molecule has 154 valence electrons. The van der Waals surface area contributed by atoms with Gasteiger partial charge in [-0.15, -0.1) is 10.2 Å². The monoisotopic (exact) mass is 440 g/mol. The van der Waals surface area contributed by atoms with Gasteiger partial charge in [-0.1, -0.05) is 53.3 Å². The molecular formula is C22H21ClN4O2S. The third-order valence-corrected chi connectivity index (χ3v) is 6.26.